The SMILES string of the molecule is CCC1(c2ccc(NC(=O)CCc3ccccc3)cc2)CCC(=O)NC1=O. The van der Waals surface area contributed by atoms with Gasteiger partial charge in [0.15, 0.2) is 0 Å². The molecule has 0 bridgehead atoms. The zero-order chi connectivity index (χ0) is 19.3. The number of hydrogen-bond donors (Lipinski definition) is 2. The molecule has 5 nitrogen and oxygen atoms in total. The van der Waals surface area contributed by atoms with Crippen LogP contribution in [0.5, 0.6) is 0 Å². The highest BCUT2D eigenvalue weighted by Gasteiger charge is 2.42. The molecule has 2 aromatic rings. The minimum absolute atomic E-state index is 0.0437. The average molecular weight is 364 g/mol. The van der Waals surface area contributed by atoms with Gasteiger partial charge in [-0.2, -0.15) is 0 Å². The Balaban J connectivity index is 1.63. The van der Waals surface area contributed by atoms with Gasteiger partial charge in [0.05, 0.1) is 5.41 Å². The molecule has 1 atom stereocenters. The third-order valence-corrected chi connectivity index (χ3v) is 5.27. The van der Waals surface area contributed by atoms with E-state index in [0.717, 1.165) is 11.1 Å². The number of hydrogen-bond acceptors (Lipinski definition) is 3. The Labute approximate surface area is 159 Å². The van der Waals surface area contributed by atoms with Gasteiger partial charge in [0.1, 0.15) is 0 Å². The summed E-state index contributed by atoms with van der Waals surface area (Å²) < 4.78 is 0. The number of amides is 3. The predicted octanol–water partition coefficient (Wildman–Crippen LogP) is 3.34. The molecule has 1 aliphatic rings. The van der Waals surface area contributed by atoms with E-state index in [-0.39, 0.29) is 17.7 Å². The van der Waals surface area contributed by atoms with E-state index in [1.807, 2.05) is 61.5 Å². The van der Waals surface area contributed by atoms with E-state index in [1.54, 1.807) is 0 Å². The molecule has 27 heavy (non-hydrogen) atoms. The quantitative estimate of drug-likeness (QED) is 0.772. The van der Waals surface area contributed by atoms with Crippen molar-refractivity contribution in [2.75, 3.05) is 5.32 Å². The molecule has 1 fully saturated rings. The van der Waals surface area contributed by atoms with Gasteiger partial charge in [-0.25, -0.2) is 0 Å². The van der Waals surface area contributed by atoms with Gasteiger partial charge in [0, 0.05) is 18.5 Å². The molecule has 1 saturated heterocycles. The van der Waals surface area contributed by atoms with Gasteiger partial charge < -0.3 is 5.32 Å². The maximum atomic E-state index is 12.4. The second-order valence-corrected chi connectivity index (χ2v) is 6.92. The fourth-order valence-electron chi connectivity index (χ4n) is 3.56. The second kappa shape index (κ2) is 8.16. The van der Waals surface area contributed by atoms with Crippen molar-refractivity contribution in [1.82, 2.24) is 5.32 Å². The van der Waals surface area contributed by atoms with Gasteiger partial charge in [-0.3, -0.25) is 19.7 Å². The Kier molecular flexibility index (Phi) is 5.69. The topological polar surface area (TPSA) is 75.3 Å². The summed E-state index contributed by atoms with van der Waals surface area (Å²) in [4.78, 5) is 36.1. The number of imide groups is 1. The number of nitrogens with one attached hydrogen (secondary N) is 2. The van der Waals surface area contributed by atoms with Crippen LogP contribution in [0.4, 0.5) is 5.69 Å². The van der Waals surface area contributed by atoms with Gasteiger partial charge in [0.2, 0.25) is 17.7 Å². The minimum atomic E-state index is -0.677. The van der Waals surface area contributed by atoms with Crippen molar-refractivity contribution < 1.29 is 14.4 Å². The highest BCUT2D eigenvalue weighted by Crippen LogP contribution is 2.36. The Hall–Kier alpha value is -2.95. The third-order valence-electron chi connectivity index (χ3n) is 5.27. The molecular weight excluding hydrogens is 340 g/mol. The van der Waals surface area contributed by atoms with Crippen molar-refractivity contribution in [2.45, 2.75) is 44.4 Å². The van der Waals surface area contributed by atoms with E-state index in [4.69, 9.17) is 0 Å². The molecule has 0 aromatic heterocycles. The minimum Gasteiger partial charge on any atom is -0.326 e. The summed E-state index contributed by atoms with van der Waals surface area (Å²) in [6.07, 6.45) is 2.58. The van der Waals surface area contributed by atoms with Crippen molar-refractivity contribution in [3.63, 3.8) is 0 Å². The molecule has 1 heterocycles. The van der Waals surface area contributed by atoms with Crippen LogP contribution in [-0.4, -0.2) is 17.7 Å². The molecule has 0 aliphatic carbocycles. The van der Waals surface area contributed by atoms with Crippen LogP contribution in [0.15, 0.2) is 54.6 Å². The van der Waals surface area contributed by atoms with Crippen LogP contribution in [0.3, 0.4) is 0 Å². The number of rotatable bonds is 6. The fraction of sp³-hybridized carbons (Fsp3) is 0.318. The molecule has 3 rings (SSSR count). The summed E-state index contributed by atoms with van der Waals surface area (Å²) in [5, 5.41) is 5.35. The summed E-state index contributed by atoms with van der Waals surface area (Å²) in [5.41, 5.74) is 2.03. The first-order chi connectivity index (χ1) is 13.0. The summed E-state index contributed by atoms with van der Waals surface area (Å²) >= 11 is 0. The lowest BCUT2D eigenvalue weighted by molar-refractivity contribution is -0.138. The summed E-state index contributed by atoms with van der Waals surface area (Å²) in [6.45, 7) is 1.95. The number of benzene rings is 2. The molecule has 2 N–H and O–H groups in total. The zero-order valence-electron chi connectivity index (χ0n) is 15.5. The van der Waals surface area contributed by atoms with Crippen LogP contribution in [0.1, 0.15) is 43.7 Å². The summed E-state index contributed by atoms with van der Waals surface area (Å²) in [5.74, 6) is -0.495. The number of carbonyl (C=O) groups is 3. The molecule has 5 heteroatoms. The van der Waals surface area contributed by atoms with Crippen LogP contribution in [0, 0.1) is 0 Å². The van der Waals surface area contributed by atoms with Gasteiger partial charge in [0.25, 0.3) is 0 Å². The Morgan fingerprint density at radius 1 is 1.07 bits per heavy atom. The number of piperidine rings is 1. The first-order valence-corrected chi connectivity index (χ1v) is 9.32. The summed E-state index contributed by atoms with van der Waals surface area (Å²) in [7, 11) is 0. The molecule has 0 radical (unpaired) electrons. The lowest BCUT2D eigenvalue weighted by Crippen LogP contribution is -2.51. The van der Waals surface area contributed by atoms with Crippen LogP contribution in [0.2, 0.25) is 0 Å². The van der Waals surface area contributed by atoms with E-state index in [1.165, 1.54) is 0 Å². The zero-order valence-corrected chi connectivity index (χ0v) is 15.5. The molecule has 2 aromatic carbocycles. The molecule has 1 unspecified atom stereocenters. The Bertz CT molecular complexity index is 830. The smallest absolute Gasteiger partial charge is 0.237 e. The molecule has 140 valence electrons. The predicted molar refractivity (Wildman–Crippen MR) is 104 cm³/mol. The van der Waals surface area contributed by atoms with E-state index < -0.39 is 5.41 Å². The fourth-order valence-corrected chi connectivity index (χ4v) is 3.56. The highest BCUT2D eigenvalue weighted by atomic mass is 16.2. The second-order valence-electron chi connectivity index (χ2n) is 6.92. The number of anilines is 1. The van der Waals surface area contributed by atoms with Crippen molar-refractivity contribution in [2.24, 2.45) is 0 Å². The van der Waals surface area contributed by atoms with Gasteiger partial charge in [-0.1, -0.05) is 49.4 Å². The van der Waals surface area contributed by atoms with Crippen molar-refractivity contribution in [3.05, 3.63) is 65.7 Å². The first-order valence-electron chi connectivity index (χ1n) is 9.32. The normalized spacial score (nSPS) is 19.4. The standard InChI is InChI=1S/C22H24N2O3/c1-2-22(15-14-20(26)24-21(22)27)17-9-11-18(12-10-17)23-19(25)13-8-16-6-4-3-5-7-16/h3-7,9-12H,2,8,13-15H2,1H3,(H,23,25)(H,24,26,27). The highest BCUT2D eigenvalue weighted by molar-refractivity contribution is 6.03. The molecule has 1 aliphatic heterocycles. The van der Waals surface area contributed by atoms with Crippen molar-refractivity contribution in [3.8, 4) is 0 Å². The van der Waals surface area contributed by atoms with Crippen molar-refractivity contribution >= 4 is 23.4 Å². The van der Waals surface area contributed by atoms with Crippen LogP contribution in [-0.2, 0) is 26.2 Å². The van der Waals surface area contributed by atoms with E-state index >= 15 is 0 Å². The largest absolute Gasteiger partial charge is 0.326 e. The lowest BCUT2D eigenvalue weighted by atomic mass is 9.72. The first kappa shape index (κ1) is 18.8. The Morgan fingerprint density at radius 3 is 2.41 bits per heavy atom. The van der Waals surface area contributed by atoms with Crippen molar-refractivity contribution in [1.29, 1.82) is 0 Å². The molecule has 3 amide bonds. The van der Waals surface area contributed by atoms with Crippen LogP contribution in [0.25, 0.3) is 0 Å². The van der Waals surface area contributed by atoms with E-state index in [2.05, 4.69) is 10.6 Å². The van der Waals surface area contributed by atoms with Gasteiger partial charge >= 0.3 is 0 Å². The Morgan fingerprint density at radius 2 is 1.78 bits per heavy atom. The maximum absolute atomic E-state index is 12.4. The van der Waals surface area contributed by atoms with Gasteiger partial charge in [-0.05, 0) is 42.5 Å². The molecule has 0 spiro atoms. The summed E-state index contributed by atoms with van der Waals surface area (Å²) in [6, 6.07) is 17.3. The maximum Gasteiger partial charge on any atom is 0.237 e. The van der Waals surface area contributed by atoms with E-state index in [0.29, 0.717) is 37.8 Å². The molecule has 0 saturated carbocycles. The third kappa shape index (κ3) is 4.25. The number of aryl methyl sites for hydroxylation is 1. The average Bonchev–Trinajstić information content (AvgIpc) is 2.69. The van der Waals surface area contributed by atoms with Crippen LogP contribution >= 0.6 is 0 Å². The molecular formula is C22H24N2O3. The number of carbonyl (C=O) groups excluding carboxylic acids is 3. The van der Waals surface area contributed by atoms with Crippen LogP contribution < -0.4 is 10.6 Å². The monoisotopic (exact) mass is 364 g/mol. The lowest BCUT2D eigenvalue weighted by Gasteiger charge is -2.35. The van der Waals surface area contributed by atoms with E-state index in [9.17, 15) is 14.4 Å². The van der Waals surface area contributed by atoms with Gasteiger partial charge in [-0.15, -0.1) is 0 Å².